The average Bonchev–Trinajstić information content (AvgIpc) is 3.49. The van der Waals surface area contributed by atoms with Crippen LogP contribution in [-0.2, 0) is 27.3 Å². The van der Waals surface area contributed by atoms with Crippen molar-refractivity contribution >= 4 is 62.9 Å². The van der Waals surface area contributed by atoms with E-state index in [2.05, 4.69) is 50.5 Å². The number of rotatable bonds is 16. The number of primary amides is 1. The number of aliphatic hydroxyl groups excluding tert-OH is 2. The van der Waals surface area contributed by atoms with Crippen LogP contribution in [0.25, 0.3) is 0 Å². The minimum absolute atomic E-state index is 0.0424. The van der Waals surface area contributed by atoms with Gasteiger partial charge in [0.25, 0.3) is 0 Å². The maximum Gasteiger partial charge on any atom is 0.242 e. The van der Waals surface area contributed by atoms with Crippen molar-refractivity contribution in [1.82, 2.24) is 15.1 Å². The molecule has 0 radical (unpaired) electrons. The van der Waals surface area contributed by atoms with Crippen molar-refractivity contribution in [3.63, 3.8) is 0 Å². The minimum atomic E-state index is -0.717. The number of halogens is 2. The summed E-state index contributed by atoms with van der Waals surface area (Å²) in [4.78, 5) is 40.6. The Bertz CT molecular complexity index is 1520. The number of benzene rings is 3. The number of nitrogens with one attached hydrogen (secondary N) is 1. The summed E-state index contributed by atoms with van der Waals surface area (Å²) in [5, 5.41) is 32.2. The molecule has 13 nitrogen and oxygen atoms in total. The van der Waals surface area contributed by atoms with E-state index in [-0.39, 0.29) is 58.5 Å². The lowest BCUT2D eigenvalue weighted by Gasteiger charge is -2.27. The van der Waals surface area contributed by atoms with E-state index in [4.69, 9.17) is 19.9 Å². The summed E-state index contributed by atoms with van der Waals surface area (Å²) >= 11 is 4.34. The first-order valence-corrected chi connectivity index (χ1v) is 16.3. The van der Waals surface area contributed by atoms with E-state index in [9.17, 15) is 29.7 Å². The predicted molar refractivity (Wildman–Crippen MR) is 183 cm³/mol. The molecule has 0 aliphatic carbocycles. The zero-order valence-corrected chi connectivity index (χ0v) is 29.0. The predicted octanol–water partition coefficient (Wildman–Crippen LogP) is 1.95. The highest BCUT2D eigenvalue weighted by molar-refractivity contribution is 14.1. The monoisotopic (exact) mass is 860 g/mol. The van der Waals surface area contributed by atoms with Gasteiger partial charge in [-0.15, -0.1) is 0 Å². The molecule has 0 saturated carbocycles. The Morgan fingerprint density at radius 1 is 0.913 bits per heavy atom. The van der Waals surface area contributed by atoms with Crippen LogP contribution in [-0.4, -0.2) is 95.1 Å². The van der Waals surface area contributed by atoms with E-state index in [0.29, 0.717) is 35.0 Å². The standard InChI is InChI=1S/C31H34I2N4O9/c32-24-10-20(11-25(33)31(24)46-23-4-2-22(40)3-5-23)9-21(17-39)35-13-29(42)36(7-8-38)16-30(43)37(15-28(34)41)14-19-1-6-26-27(12-19)45-18-44-26/h1-6,10-12,21,35,38-40H,7-9,13-18H2,(H2,34,41)/t21-/m0/s1. The van der Waals surface area contributed by atoms with E-state index in [0.717, 1.165) is 12.7 Å². The first-order chi connectivity index (χ1) is 22.1. The van der Waals surface area contributed by atoms with Crippen molar-refractivity contribution in [3.8, 4) is 28.7 Å². The molecular formula is C31H34I2N4O9. The second-order valence-corrected chi connectivity index (χ2v) is 12.7. The van der Waals surface area contributed by atoms with E-state index >= 15 is 0 Å². The van der Waals surface area contributed by atoms with Crippen molar-refractivity contribution in [1.29, 1.82) is 0 Å². The second kappa shape index (κ2) is 17.0. The quantitative estimate of drug-likeness (QED) is 0.134. The normalized spacial score (nSPS) is 12.4. The van der Waals surface area contributed by atoms with Gasteiger partial charge < -0.3 is 50.4 Å². The summed E-state index contributed by atoms with van der Waals surface area (Å²) in [5.74, 6) is 0.756. The Balaban J connectivity index is 1.36. The van der Waals surface area contributed by atoms with E-state index in [1.54, 1.807) is 30.3 Å². The third-order valence-corrected chi connectivity index (χ3v) is 8.52. The fourth-order valence-corrected chi connectivity index (χ4v) is 6.76. The summed E-state index contributed by atoms with van der Waals surface area (Å²) in [6, 6.07) is 14.9. The number of amides is 3. The summed E-state index contributed by atoms with van der Waals surface area (Å²) in [5.41, 5.74) is 6.98. The van der Waals surface area contributed by atoms with Gasteiger partial charge in [0.05, 0.1) is 40.0 Å². The lowest BCUT2D eigenvalue weighted by Crippen LogP contribution is -2.49. The SMILES string of the molecule is NC(=O)CN(Cc1ccc2c(c1)OCO2)C(=O)CN(CCO)C(=O)CN[C@H](CO)Cc1cc(I)c(Oc2ccc(O)cc2)c(I)c1. The number of aliphatic hydroxyl groups is 2. The van der Waals surface area contributed by atoms with Gasteiger partial charge >= 0.3 is 0 Å². The summed E-state index contributed by atoms with van der Waals surface area (Å²) < 4.78 is 18.4. The van der Waals surface area contributed by atoms with Gasteiger partial charge in [0.15, 0.2) is 17.2 Å². The van der Waals surface area contributed by atoms with Crippen molar-refractivity contribution in [2.75, 3.05) is 46.2 Å². The first kappa shape index (κ1) is 35.5. The van der Waals surface area contributed by atoms with Crippen LogP contribution in [0, 0.1) is 7.14 Å². The molecule has 4 rings (SSSR count). The van der Waals surface area contributed by atoms with Gasteiger partial charge in [-0.05, 0) is 111 Å². The number of aromatic hydroxyl groups is 1. The Kier molecular flexibility index (Phi) is 13.1. The second-order valence-electron chi connectivity index (χ2n) is 10.4. The Morgan fingerprint density at radius 3 is 2.26 bits per heavy atom. The van der Waals surface area contributed by atoms with Crippen LogP contribution in [0.2, 0.25) is 0 Å². The molecule has 6 N–H and O–H groups in total. The number of nitrogens with zero attached hydrogens (tertiary/aromatic N) is 2. The van der Waals surface area contributed by atoms with Crippen LogP contribution >= 0.6 is 45.2 Å². The summed E-state index contributed by atoms with van der Waals surface area (Å²) in [7, 11) is 0. The number of hydrogen-bond donors (Lipinski definition) is 5. The molecule has 1 atom stereocenters. The van der Waals surface area contributed by atoms with Gasteiger partial charge in [0.1, 0.15) is 11.5 Å². The maximum absolute atomic E-state index is 13.3. The zero-order valence-electron chi connectivity index (χ0n) is 24.7. The molecule has 0 spiro atoms. The molecular weight excluding hydrogens is 826 g/mol. The molecule has 1 aliphatic heterocycles. The lowest BCUT2D eigenvalue weighted by molar-refractivity contribution is -0.142. The molecule has 3 aromatic carbocycles. The van der Waals surface area contributed by atoms with Gasteiger partial charge in [-0.3, -0.25) is 14.4 Å². The van der Waals surface area contributed by atoms with Crippen LogP contribution in [0.3, 0.4) is 0 Å². The number of carbonyl (C=O) groups excluding carboxylic acids is 3. The molecule has 0 fully saturated rings. The van der Waals surface area contributed by atoms with Crippen LogP contribution in [0.1, 0.15) is 11.1 Å². The van der Waals surface area contributed by atoms with Crippen LogP contribution < -0.4 is 25.3 Å². The molecule has 0 aromatic heterocycles. The molecule has 3 aromatic rings. The Labute approximate surface area is 292 Å². The molecule has 246 valence electrons. The highest BCUT2D eigenvalue weighted by Gasteiger charge is 2.24. The van der Waals surface area contributed by atoms with Crippen LogP contribution in [0.15, 0.2) is 54.6 Å². The third-order valence-electron chi connectivity index (χ3n) is 6.92. The van der Waals surface area contributed by atoms with Gasteiger partial charge in [-0.1, -0.05) is 6.07 Å². The molecule has 0 bridgehead atoms. The number of phenols is 1. The molecule has 3 amide bonds. The number of phenolic OH excluding ortho intramolecular Hbond substituents is 1. The summed E-state index contributed by atoms with van der Waals surface area (Å²) in [6.07, 6.45) is 0.399. The largest absolute Gasteiger partial charge is 0.508 e. The topological polar surface area (TPSA) is 184 Å². The lowest BCUT2D eigenvalue weighted by atomic mass is 10.1. The molecule has 46 heavy (non-hydrogen) atoms. The minimum Gasteiger partial charge on any atom is -0.508 e. The maximum atomic E-state index is 13.3. The van der Waals surface area contributed by atoms with Crippen LogP contribution in [0.5, 0.6) is 28.7 Å². The summed E-state index contributed by atoms with van der Waals surface area (Å²) in [6.45, 7) is -1.56. The highest BCUT2D eigenvalue weighted by atomic mass is 127. The van der Waals surface area contributed by atoms with E-state index < -0.39 is 23.8 Å². The number of carbonyl (C=O) groups is 3. The smallest absolute Gasteiger partial charge is 0.242 e. The number of fused-ring (bicyclic) bond motifs is 1. The molecule has 0 unspecified atom stereocenters. The Hall–Kier alpha value is -3.39. The number of hydrogen-bond acceptors (Lipinski definition) is 10. The number of ether oxygens (including phenoxy) is 3. The number of nitrogens with two attached hydrogens (primary N) is 1. The molecule has 1 aliphatic rings. The molecule has 15 heteroatoms. The first-order valence-electron chi connectivity index (χ1n) is 14.2. The van der Waals surface area contributed by atoms with Gasteiger partial charge in [0.2, 0.25) is 24.5 Å². The van der Waals surface area contributed by atoms with Gasteiger partial charge in [-0.25, -0.2) is 0 Å². The molecule has 0 saturated heterocycles. The van der Waals surface area contributed by atoms with E-state index in [1.165, 1.54) is 21.9 Å². The Morgan fingerprint density at radius 2 is 1.61 bits per heavy atom. The highest BCUT2D eigenvalue weighted by Crippen LogP contribution is 2.34. The average molecular weight is 860 g/mol. The van der Waals surface area contributed by atoms with Gasteiger partial charge in [-0.2, -0.15) is 0 Å². The van der Waals surface area contributed by atoms with Crippen LogP contribution in [0.4, 0.5) is 0 Å². The van der Waals surface area contributed by atoms with Crippen molar-refractivity contribution < 1.29 is 43.9 Å². The zero-order chi connectivity index (χ0) is 33.2. The van der Waals surface area contributed by atoms with Crippen molar-refractivity contribution in [2.24, 2.45) is 5.73 Å². The van der Waals surface area contributed by atoms with Gasteiger partial charge in [0, 0.05) is 19.1 Å². The van der Waals surface area contributed by atoms with Crippen molar-refractivity contribution in [3.05, 3.63) is 72.9 Å². The fourth-order valence-electron chi connectivity index (χ4n) is 4.64. The fraction of sp³-hybridized carbons (Fsp3) is 0.323. The molecule has 1 heterocycles. The third kappa shape index (κ3) is 10.1. The van der Waals surface area contributed by atoms with Crippen molar-refractivity contribution in [2.45, 2.75) is 19.0 Å². The van der Waals surface area contributed by atoms with E-state index in [1.807, 2.05) is 12.1 Å².